The SMILES string of the molecule is COc1ccc(C(OC[C@H]2O[C@@H](n3cnc4c(NC(=O)c5ccccc5)ncnc43)[C@H](O[Si](C)(C)C(C)(C)C)[C@H]2Cl)(c2ccccc2)c2ccccc2)cc1. The Morgan fingerprint density at radius 2 is 1.42 bits per heavy atom. The van der Waals surface area contributed by atoms with Crippen LogP contribution in [-0.4, -0.2) is 65.0 Å². The van der Waals surface area contributed by atoms with Crippen LogP contribution < -0.4 is 10.1 Å². The van der Waals surface area contributed by atoms with E-state index < -0.39 is 37.7 Å². The highest BCUT2D eigenvalue weighted by molar-refractivity contribution is 6.74. The molecule has 7 rings (SSSR count). The summed E-state index contributed by atoms with van der Waals surface area (Å²) >= 11 is 7.49. The van der Waals surface area contributed by atoms with E-state index >= 15 is 0 Å². The number of hydrogen-bond acceptors (Lipinski definition) is 8. The molecule has 0 radical (unpaired) electrons. The molecule has 12 heteroatoms. The second-order valence-corrected chi connectivity index (χ2v) is 20.4. The molecule has 0 saturated carbocycles. The first-order valence-corrected chi connectivity index (χ1v) is 21.7. The zero-order valence-electron chi connectivity index (χ0n) is 31.8. The van der Waals surface area contributed by atoms with Gasteiger partial charge in [0.2, 0.25) is 0 Å². The minimum Gasteiger partial charge on any atom is -0.497 e. The number of imidazole rings is 1. The lowest BCUT2D eigenvalue weighted by molar-refractivity contribution is -0.0838. The third kappa shape index (κ3) is 7.55. The number of alkyl halides is 1. The van der Waals surface area contributed by atoms with Crippen molar-refractivity contribution >= 4 is 42.8 Å². The molecule has 1 amide bonds. The van der Waals surface area contributed by atoms with Crippen molar-refractivity contribution < 1.29 is 23.4 Å². The van der Waals surface area contributed by atoms with Crippen LogP contribution in [0.4, 0.5) is 5.82 Å². The first-order valence-electron chi connectivity index (χ1n) is 18.3. The second kappa shape index (κ2) is 15.7. The molecule has 1 saturated heterocycles. The fraction of sp³-hybridized carbons (Fsp3) is 0.302. The predicted octanol–water partition coefficient (Wildman–Crippen LogP) is 8.99. The summed E-state index contributed by atoms with van der Waals surface area (Å²) in [6, 6.07) is 37.2. The summed E-state index contributed by atoms with van der Waals surface area (Å²) in [5.74, 6) is 0.725. The van der Waals surface area contributed by atoms with Gasteiger partial charge in [-0.1, -0.05) is 112 Å². The first-order chi connectivity index (χ1) is 26.4. The number of rotatable bonds is 12. The van der Waals surface area contributed by atoms with Gasteiger partial charge in [0, 0.05) is 5.56 Å². The second-order valence-electron chi connectivity index (χ2n) is 15.2. The van der Waals surface area contributed by atoms with Crippen molar-refractivity contribution in [1.82, 2.24) is 19.5 Å². The highest BCUT2D eigenvalue weighted by atomic mass is 35.5. The van der Waals surface area contributed by atoms with Crippen LogP contribution in [0.3, 0.4) is 0 Å². The maximum Gasteiger partial charge on any atom is 0.256 e. The van der Waals surface area contributed by atoms with E-state index in [0.29, 0.717) is 16.7 Å². The number of aromatic nitrogens is 4. The molecule has 1 fully saturated rings. The highest BCUT2D eigenvalue weighted by Crippen LogP contribution is 2.46. The molecule has 3 heterocycles. The molecule has 4 aromatic carbocycles. The molecule has 55 heavy (non-hydrogen) atoms. The molecule has 1 N–H and O–H groups in total. The van der Waals surface area contributed by atoms with Crippen molar-refractivity contribution in [3.05, 3.63) is 150 Å². The van der Waals surface area contributed by atoms with E-state index in [0.717, 1.165) is 22.4 Å². The van der Waals surface area contributed by atoms with Gasteiger partial charge < -0.3 is 24.0 Å². The third-order valence-corrected chi connectivity index (χ3v) is 15.7. The van der Waals surface area contributed by atoms with Crippen molar-refractivity contribution in [1.29, 1.82) is 0 Å². The molecule has 1 aliphatic heterocycles. The van der Waals surface area contributed by atoms with Gasteiger partial charge in [0.05, 0.1) is 25.4 Å². The van der Waals surface area contributed by atoms with Crippen molar-refractivity contribution in [2.24, 2.45) is 0 Å². The van der Waals surface area contributed by atoms with Crippen LogP contribution in [0, 0.1) is 0 Å². The van der Waals surface area contributed by atoms with Crippen molar-refractivity contribution in [3.8, 4) is 5.75 Å². The minimum atomic E-state index is -2.40. The van der Waals surface area contributed by atoms with Gasteiger partial charge in [-0.05, 0) is 59.1 Å². The predicted molar refractivity (Wildman–Crippen MR) is 217 cm³/mol. The summed E-state index contributed by atoms with van der Waals surface area (Å²) in [5, 5.41) is 2.17. The maximum absolute atomic E-state index is 13.1. The molecular formula is C43H46ClN5O5Si. The topological polar surface area (TPSA) is 110 Å². The Labute approximate surface area is 327 Å². The van der Waals surface area contributed by atoms with E-state index in [4.69, 9.17) is 30.2 Å². The Hall–Kier alpha value is -4.91. The number of methoxy groups -OCH3 is 1. The number of nitrogens with one attached hydrogen (secondary N) is 1. The fourth-order valence-electron chi connectivity index (χ4n) is 6.72. The molecule has 284 valence electrons. The van der Waals surface area contributed by atoms with Gasteiger partial charge >= 0.3 is 0 Å². The first kappa shape index (κ1) is 38.4. The van der Waals surface area contributed by atoms with E-state index in [-0.39, 0.29) is 23.4 Å². The summed E-state index contributed by atoms with van der Waals surface area (Å²) in [6.07, 6.45) is 1.14. The average Bonchev–Trinajstić information content (AvgIpc) is 3.76. The van der Waals surface area contributed by atoms with Crippen LogP contribution in [0.5, 0.6) is 5.75 Å². The van der Waals surface area contributed by atoms with Crippen molar-refractivity contribution in [3.63, 3.8) is 0 Å². The summed E-state index contributed by atoms with van der Waals surface area (Å²) in [6.45, 7) is 11.1. The van der Waals surface area contributed by atoms with E-state index in [1.807, 2.05) is 83.4 Å². The van der Waals surface area contributed by atoms with Gasteiger partial charge in [-0.3, -0.25) is 9.36 Å². The van der Waals surface area contributed by atoms with Gasteiger partial charge in [0.1, 0.15) is 29.9 Å². The van der Waals surface area contributed by atoms with Crippen LogP contribution in [0.15, 0.2) is 128 Å². The number of fused-ring (bicyclic) bond motifs is 1. The zero-order valence-corrected chi connectivity index (χ0v) is 33.6. The number of halogens is 1. The van der Waals surface area contributed by atoms with Gasteiger partial charge in [0.15, 0.2) is 31.5 Å². The quantitative estimate of drug-likeness (QED) is 0.0746. The van der Waals surface area contributed by atoms with Crippen LogP contribution >= 0.6 is 11.6 Å². The number of benzene rings is 4. The summed E-state index contributed by atoms with van der Waals surface area (Å²) < 4.78 is 28.6. The number of ether oxygens (including phenoxy) is 3. The number of carbonyl (C=O) groups is 1. The molecule has 0 aliphatic carbocycles. The molecule has 6 aromatic rings. The zero-order chi connectivity index (χ0) is 38.8. The van der Waals surface area contributed by atoms with E-state index in [9.17, 15) is 4.79 Å². The maximum atomic E-state index is 13.1. The number of hydrogen-bond donors (Lipinski definition) is 1. The number of carbonyl (C=O) groups excluding carboxylic acids is 1. The Morgan fingerprint density at radius 3 is 2.00 bits per heavy atom. The van der Waals surface area contributed by atoms with Gasteiger partial charge in [-0.15, -0.1) is 11.6 Å². The highest BCUT2D eigenvalue weighted by Gasteiger charge is 2.52. The van der Waals surface area contributed by atoms with E-state index in [1.54, 1.807) is 25.6 Å². The average molecular weight is 776 g/mol. The van der Waals surface area contributed by atoms with E-state index in [2.05, 4.69) is 78.4 Å². The van der Waals surface area contributed by atoms with Crippen molar-refractivity contribution in [2.75, 3.05) is 19.0 Å². The normalized spacial score (nSPS) is 19.0. The lowest BCUT2D eigenvalue weighted by atomic mass is 9.80. The third-order valence-electron chi connectivity index (χ3n) is 10.7. The Bertz CT molecular complexity index is 2180. The summed E-state index contributed by atoms with van der Waals surface area (Å²) in [4.78, 5) is 26.8. The molecule has 0 spiro atoms. The Kier molecular flexibility index (Phi) is 10.9. The lowest BCUT2D eigenvalue weighted by Gasteiger charge is -2.40. The minimum absolute atomic E-state index is 0.110. The number of amides is 1. The van der Waals surface area contributed by atoms with Crippen LogP contribution in [0.25, 0.3) is 11.2 Å². The van der Waals surface area contributed by atoms with E-state index in [1.165, 1.54) is 6.33 Å². The largest absolute Gasteiger partial charge is 0.497 e. The molecule has 0 bridgehead atoms. The van der Waals surface area contributed by atoms with Gasteiger partial charge in [-0.25, -0.2) is 15.0 Å². The van der Waals surface area contributed by atoms with Gasteiger partial charge in [-0.2, -0.15) is 0 Å². The van der Waals surface area contributed by atoms with Crippen LogP contribution in [0.1, 0.15) is 54.0 Å². The van der Waals surface area contributed by atoms with Gasteiger partial charge in [0.25, 0.3) is 5.91 Å². The lowest BCUT2D eigenvalue weighted by Crippen LogP contribution is -2.48. The summed E-state index contributed by atoms with van der Waals surface area (Å²) in [5.41, 5.74) is 3.18. The monoisotopic (exact) mass is 775 g/mol. The van der Waals surface area contributed by atoms with Crippen LogP contribution in [0.2, 0.25) is 18.1 Å². The molecule has 10 nitrogen and oxygen atoms in total. The molecule has 1 aliphatic rings. The molecule has 4 atom stereocenters. The standard InChI is InChI=1S/C43H46ClN5O5Si/c1-42(2,3)55(5,6)54-37-35(44)34(53-41(37)49-28-47-36-38(45-27-46-39(36)49)48-40(50)29-16-10-7-11-17-29)26-52-43(30-18-12-8-13-19-30,31-20-14-9-15-21-31)32-22-24-33(51-4)25-23-32/h7-25,27-28,34-35,37,41H,26H2,1-6H3,(H,45,46,48,50)/t34-,35+,37-,41-/m1/s1. The Balaban J connectivity index is 1.27. The Morgan fingerprint density at radius 1 is 0.836 bits per heavy atom. The molecule has 0 unspecified atom stereocenters. The van der Waals surface area contributed by atoms with Crippen LogP contribution in [-0.2, 0) is 19.5 Å². The number of anilines is 1. The number of nitrogens with zero attached hydrogens (tertiary/aromatic N) is 4. The molecular weight excluding hydrogens is 730 g/mol. The smallest absolute Gasteiger partial charge is 0.256 e. The summed E-state index contributed by atoms with van der Waals surface area (Å²) in [7, 11) is -0.747. The fourth-order valence-corrected chi connectivity index (χ4v) is 8.41. The molecule has 2 aromatic heterocycles. The van der Waals surface area contributed by atoms with Crippen molar-refractivity contribution in [2.45, 2.75) is 68.3 Å².